The summed E-state index contributed by atoms with van der Waals surface area (Å²) < 4.78 is 15.6. The van der Waals surface area contributed by atoms with E-state index in [1.807, 2.05) is 36.4 Å². The van der Waals surface area contributed by atoms with E-state index in [0.29, 0.717) is 6.54 Å². The topological polar surface area (TPSA) is 63.1 Å². The second-order valence-electron chi connectivity index (χ2n) is 8.11. The third kappa shape index (κ3) is 4.24. The molecule has 1 aliphatic rings. The van der Waals surface area contributed by atoms with E-state index in [4.69, 9.17) is 4.98 Å². The van der Waals surface area contributed by atoms with Crippen LogP contribution in [0.15, 0.2) is 73.1 Å². The number of carbonyl (C=O) groups excluding carboxylic acids is 1. The summed E-state index contributed by atoms with van der Waals surface area (Å²) >= 11 is 0. The van der Waals surface area contributed by atoms with E-state index in [0.717, 1.165) is 54.2 Å². The van der Waals surface area contributed by atoms with Crippen molar-refractivity contribution in [2.75, 3.05) is 18.4 Å². The maximum absolute atomic E-state index is 13.5. The Bertz CT molecular complexity index is 1210. The smallest absolute Gasteiger partial charge is 0.227 e. The van der Waals surface area contributed by atoms with Gasteiger partial charge in [-0.15, -0.1) is 0 Å². The minimum Gasteiger partial charge on any atom is -0.324 e. The zero-order valence-electron chi connectivity index (χ0n) is 17.6. The first kappa shape index (κ1) is 20.3. The van der Waals surface area contributed by atoms with Crippen molar-refractivity contribution in [2.45, 2.75) is 19.4 Å². The molecule has 162 valence electrons. The number of para-hydroxylation sites is 2. The molecule has 1 amide bonds. The minimum atomic E-state index is -0.258. The van der Waals surface area contributed by atoms with E-state index in [2.05, 4.69) is 19.8 Å². The molecule has 6 nitrogen and oxygen atoms in total. The number of likely N-dealkylation sites (tertiary alicyclic amines) is 1. The Morgan fingerprint density at radius 2 is 1.81 bits per heavy atom. The molecule has 0 aliphatic carbocycles. The van der Waals surface area contributed by atoms with Gasteiger partial charge in [0.05, 0.1) is 29.5 Å². The van der Waals surface area contributed by atoms with Gasteiger partial charge in [0.15, 0.2) is 0 Å². The number of halogens is 1. The first-order valence-corrected chi connectivity index (χ1v) is 10.8. The lowest BCUT2D eigenvalue weighted by atomic mass is 9.96. The minimum absolute atomic E-state index is 0.0117. The summed E-state index contributed by atoms with van der Waals surface area (Å²) in [4.78, 5) is 23.8. The molecule has 1 N–H and O–H groups in total. The molecule has 4 aromatic rings. The monoisotopic (exact) mass is 429 g/mol. The molecule has 5 rings (SSSR count). The Hall–Kier alpha value is -3.58. The maximum Gasteiger partial charge on any atom is 0.227 e. The van der Waals surface area contributed by atoms with Crippen LogP contribution >= 0.6 is 0 Å². The lowest BCUT2D eigenvalue weighted by molar-refractivity contribution is -0.121. The Morgan fingerprint density at radius 3 is 2.56 bits per heavy atom. The van der Waals surface area contributed by atoms with E-state index in [-0.39, 0.29) is 17.6 Å². The Balaban J connectivity index is 1.30. The van der Waals surface area contributed by atoms with Gasteiger partial charge in [0.2, 0.25) is 5.91 Å². The Labute approximate surface area is 185 Å². The van der Waals surface area contributed by atoms with E-state index in [9.17, 15) is 9.18 Å². The molecular weight excluding hydrogens is 405 g/mol. The molecule has 3 heterocycles. The number of imidazole rings is 1. The summed E-state index contributed by atoms with van der Waals surface area (Å²) in [5.41, 5.74) is 3.53. The highest BCUT2D eigenvalue weighted by atomic mass is 19.1. The number of nitrogens with one attached hydrogen (secondary N) is 1. The first-order chi connectivity index (χ1) is 15.7. The molecule has 0 spiro atoms. The Morgan fingerprint density at radius 1 is 1.03 bits per heavy atom. The number of rotatable bonds is 5. The number of nitrogens with zero attached hydrogens (tertiary/aromatic N) is 4. The molecular formula is C25H24FN5O. The van der Waals surface area contributed by atoms with Crippen LogP contribution in [0.25, 0.3) is 16.7 Å². The fourth-order valence-corrected chi connectivity index (χ4v) is 4.29. The lowest BCUT2D eigenvalue weighted by Crippen LogP contribution is -2.38. The van der Waals surface area contributed by atoms with Crippen LogP contribution in [0.4, 0.5) is 10.1 Å². The van der Waals surface area contributed by atoms with Gasteiger partial charge >= 0.3 is 0 Å². The predicted octanol–water partition coefficient (Wildman–Crippen LogP) is 4.41. The van der Waals surface area contributed by atoms with E-state index in [1.165, 1.54) is 12.1 Å². The van der Waals surface area contributed by atoms with Crippen LogP contribution in [0.1, 0.15) is 18.7 Å². The van der Waals surface area contributed by atoms with Crippen molar-refractivity contribution in [3.8, 4) is 5.69 Å². The average molecular weight is 429 g/mol. The predicted molar refractivity (Wildman–Crippen MR) is 122 cm³/mol. The zero-order valence-corrected chi connectivity index (χ0v) is 17.6. The van der Waals surface area contributed by atoms with E-state index >= 15 is 0 Å². The van der Waals surface area contributed by atoms with Crippen molar-refractivity contribution in [1.82, 2.24) is 19.4 Å². The number of aromatic nitrogens is 3. The third-order valence-electron chi connectivity index (χ3n) is 5.97. The number of hydrogen-bond donors (Lipinski definition) is 1. The van der Waals surface area contributed by atoms with Crippen molar-refractivity contribution in [1.29, 1.82) is 0 Å². The van der Waals surface area contributed by atoms with Crippen LogP contribution in [0.5, 0.6) is 0 Å². The highest BCUT2D eigenvalue weighted by Crippen LogP contribution is 2.25. The fraction of sp³-hybridized carbons (Fsp3) is 0.240. The quantitative estimate of drug-likeness (QED) is 0.510. The van der Waals surface area contributed by atoms with E-state index in [1.54, 1.807) is 24.5 Å². The molecule has 1 saturated heterocycles. The highest BCUT2D eigenvalue weighted by Gasteiger charge is 2.26. The molecule has 0 atom stereocenters. The third-order valence-corrected chi connectivity index (χ3v) is 5.97. The lowest BCUT2D eigenvalue weighted by Gasteiger charge is -2.31. The number of fused-ring (bicyclic) bond motifs is 1. The number of hydrogen-bond acceptors (Lipinski definition) is 4. The molecule has 0 unspecified atom stereocenters. The van der Waals surface area contributed by atoms with Crippen LogP contribution in [-0.4, -0.2) is 38.4 Å². The van der Waals surface area contributed by atoms with Gasteiger partial charge < -0.3 is 5.32 Å². The van der Waals surface area contributed by atoms with Crippen molar-refractivity contribution in [2.24, 2.45) is 5.92 Å². The second-order valence-corrected chi connectivity index (χ2v) is 8.11. The molecule has 0 radical (unpaired) electrons. The number of piperidine rings is 1. The fourth-order valence-electron chi connectivity index (χ4n) is 4.29. The molecule has 7 heteroatoms. The normalized spacial score (nSPS) is 15.2. The number of anilines is 1. The Kier molecular flexibility index (Phi) is 5.64. The average Bonchev–Trinajstić information content (AvgIpc) is 3.18. The molecule has 0 saturated carbocycles. The first-order valence-electron chi connectivity index (χ1n) is 10.8. The number of amides is 1. The van der Waals surface area contributed by atoms with Crippen LogP contribution in [0.2, 0.25) is 0 Å². The summed E-state index contributed by atoms with van der Waals surface area (Å²) in [5, 5.41) is 2.96. The van der Waals surface area contributed by atoms with Crippen LogP contribution in [0.3, 0.4) is 0 Å². The molecule has 2 aromatic carbocycles. The summed E-state index contributed by atoms with van der Waals surface area (Å²) in [6, 6.07) is 18.1. The molecule has 0 bridgehead atoms. The summed E-state index contributed by atoms with van der Waals surface area (Å²) in [6.07, 6.45) is 4.94. The van der Waals surface area contributed by atoms with Crippen molar-refractivity contribution in [3.05, 3.63) is 84.7 Å². The van der Waals surface area contributed by atoms with Crippen LogP contribution < -0.4 is 5.32 Å². The number of pyridine rings is 1. The molecule has 1 fully saturated rings. The maximum atomic E-state index is 13.5. The summed E-state index contributed by atoms with van der Waals surface area (Å²) in [5.74, 6) is 0.695. The SMILES string of the molecule is O=C(Nc1cccnc1)C1CCN(Cc2nc3ccccc3n2-c2ccc(F)cc2)CC1. The van der Waals surface area contributed by atoms with Gasteiger partial charge in [0, 0.05) is 17.8 Å². The summed E-state index contributed by atoms with van der Waals surface area (Å²) in [6.45, 7) is 2.30. The molecule has 1 aliphatic heterocycles. The van der Waals surface area contributed by atoms with Crippen molar-refractivity contribution in [3.63, 3.8) is 0 Å². The molecule has 32 heavy (non-hydrogen) atoms. The van der Waals surface area contributed by atoms with Crippen LogP contribution in [-0.2, 0) is 11.3 Å². The van der Waals surface area contributed by atoms with E-state index < -0.39 is 0 Å². The van der Waals surface area contributed by atoms with Gasteiger partial charge in [-0.2, -0.15) is 0 Å². The van der Waals surface area contributed by atoms with Gasteiger partial charge in [-0.05, 0) is 74.5 Å². The molecule has 2 aromatic heterocycles. The largest absolute Gasteiger partial charge is 0.324 e. The standard InChI is InChI=1S/C25H24FN5O/c26-19-7-9-21(10-8-19)31-23-6-2-1-5-22(23)29-24(31)17-30-14-11-18(12-15-30)25(32)28-20-4-3-13-27-16-20/h1-10,13,16,18H,11-12,14-15,17H2,(H,28,32). The van der Waals surface area contributed by atoms with Crippen LogP contribution in [0, 0.1) is 11.7 Å². The van der Waals surface area contributed by atoms with Gasteiger partial charge in [0.1, 0.15) is 11.6 Å². The van der Waals surface area contributed by atoms with Gasteiger partial charge in [0.25, 0.3) is 0 Å². The van der Waals surface area contributed by atoms with Gasteiger partial charge in [-0.25, -0.2) is 9.37 Å². The van der Waals surface area contributed by atoms with Crippen molar-refractivity contribution >= 4 is 22.6 Å². The summed E-state index contributed by atoms with van der Waals surface area (Å²) in [7, 11) is 0. The van der Waals surface area contributed by atoms with Gasteiger partial charge in [-0.3, -0.25) is 19.2 Å². The number of benzene rings is 2. The highest BCUT2D eigenvalue weighted by molar-refractivity contribution is 5.92. The second kappa shape index (κ2) is 8.88. The van der Waals surface area contributed by atoms with Gasteiger partial charge in [-0.1, -0.05) is 12.1 Å². The number of carbonyl (C=O) groups is 1. The van der Waals surface area contributed by atoms with Crippen molar-refractivity contribution < 1.29 is 9.18 Å². The zero-order chi connectivity index (χ0) is 21.9.